The number of methoxy groups -OCH3 is 1. The van der Waals surface area contributed by atoms with Crippen molar-refractivity contribution in [1.82, 2.24) is 16.2 Å². The van der Waals surface area contributed by atoms with Gasteiger partial charge in [-0.3, -0.25) is 15.6 Å². The van der Waals surface area contributed by atoms with Gasteiger partial charge in [-0.05, 0) is 48.2 Å². The van der Waals surface area contributed by atoms with Crippen LogP contribution in [0.15, 0.2) is 18.2 Å². The summed E-state index contributed by atoms with van der Waals surface area (Å²) in [6.45, 7) is 4.48. The second-order valence-corrected chi connectivity index (χ2v) is 7.07. The number of carbonyl (C=O) groups excluding carboxylic acids is 1. The van der Waals surface area contributed by atoms with Crippen molar-refractivity contribution in [2.45, 2.75) is 45.6 Å². The van der Waals surface area contributed by atoms with Crippen LogP contribution in [0.25, 0.3) is 0 Å². The van der Waals surface area contributed by atoms with Crippen LogP contribution >= 0.6 is 12.2 Å². The highest BCUT2D eigenvalue weighted by Crippen LogP contribution is 2.29. The number of benzene rings is 1. The zero-order valence-electron chi connectivity index (χ0n) is 14.9. The third kappa shape index (κ3) is 5.56. The van der Waals surface area contributed by atoms with E-state index in [4.69, 9.17) is 17.0 Å². The van der Waals surface area contributed by atoms with E-state index < -0.39 is 5.82 Å². The molecule has 0 aliphatic heterocycles. The number of ether oxygens (including phenoxy) is 1. The Hall–Kier alpha value is -1.89. The molecule has 0 unspecified atom stereocenters. The van der Waals surface area contributed by atoms with Crippen molar-refractivity contribution in [2.24, 2.45) is 11.8 Å². The number of carbonyl (C=O) groups is 1. The number of hydrazine groups is 1. The highest BCUT2D eigenvalue weighted by molar-refractivity contribution is 7.80. The molecule has 1 aromatic carbocycles. The van der Waals surface area contributed by atoms with Crippen LogP contribution in [0, 0.1) is 17.7 Å². The molecule has 0 saturated heterocycles. The van der Waals surface area contributed by atoms with E-state index in [0.717, 1.165) is 6.42 Å². The average molecular weight is 367 g/mol. The lowest BCUT2D eigenvalue weighted by atomic mass is 9.78. The Kier molecular flexibility index (Phi) is 6.99. The third-order valence-electron chi connectivity index (χ3n) is 4.92. The molecule has 1 fully saturated rings. The molecule has 7 heteroatoms. The van der Waals surface area contributed by atoms with E-state index >= 15 is 0 Å². The monoisotopic (exact) mass is 367 g/mol. The van der Waals surface area contributed by atoms with Crippen molar-refractivity contribution in [3.05, 3.63) is 29.6 Å². The van der Waals surface area contributed by atoms with Gasteiger partial charge in [-0.15, -0.1) is 0 Å². The highest BCUT2D eigenvalue weighted by Gasteiger charge is 2.27. The summed E-state index contributed by atoms with van der Waals surface area (Å²) in [4.78, 5) is 12.0. The van der Waals surface area contributed by atoms with E-state index in [2.05, 4.69) is 30.0 Å². The maximum absolute atomic E-state index is 13.6. The van der Waals surface area contributed by atoms with Gasteiger partial charge in [0.25, 0.3) is 0 Å². The van der Waals surface area contributed by atoms with Gasteiger partial charge in [0.15, 0.2) is 16.7 Å². The van der Waals surface area contributed by atoms with Crippen molar-refractivity contribution in [2.75, 3.05) is 7.11 Å². The molecule has 1 aliphatic carbocycles. The van der Waals surface area contributed by atoms with Gasteiger partial charge >= 0.3 is 0 Å². The number of halogens is 1. The summed E-state index contributed by atoms with van der Waals surface area (Å²) in [7, 11) is 1.40. The molecule has 0 spiro atoms. The average Bonchev–Trinajstić information content (AvgIpc) is 2.57. The largest absolute Gasteiger partial charge is 0.494 e. The van der Waals surface area contributed by atoms with E-state index in [1.807, 2.05) is 0 Å². The summed E-state index contributed by atoms with van der Waals surface area (Å²) in [6, 6.07) is 4.77. The van der Waals surface area contributed by atoms with E-state index in [-0.39, 0.29) is 18.1 Å². The number of rotatable bonds is 4. The van der Waals surface area contributed by atoms with Gasteiger partial charge < -0.3 is 10.1 Å². The Morgan fingerprint density at radius 1 is 1.32 bits per heavy atom. The second kappa shape index (κ2) is 8.99. The van der Waals surface area contributed by atoms with Crippen LogP contribution in [0.1, 0.15) is 38.7 Å². The molecule has 0 heterocycles. The van der Waals surface area contributed by atoms with Crippen LogP contribution in [0.2, 0.25) is 0 Å². The molecular formula is C18H26FN3O2S. The van der Waals surface area contributed by atoms with Gasteiger partial charge in [-0.25, -0.2) is 4.39 Å². The molecule has 2 rings (SSSR count). The smallest absolute Gasteiger partial charge is 0.242 e. The molecule has 0 aromatic heterocycles. The molecule has 1 aliphatic rings. The normalized spacial score (nSPS) is 22.8. The van der Waals surface area contributed by atoms with Gasteiger partial charge in [-0.1, -0.05) is 32.8 Å². The predicted molar refractivity (Wildman–Crippen MR) is 99.6 cm³/mol. The topological polar surface area (TPSA) is 62.4 Å². The first kappa shape index (κ1) is 19.4. The zero-order valence-corrected chi connectivity index (χ0v) is 15.7. The molecule has 138 valence electrons. The molecule has 25 heavy (non-hydrogen) atoms. The molecule has 1 saturated carbocycles. The maximum Gasteiger partial charge on any atom is 0.242 e. The van der Waals surface area contributed by atoms with Crippen LogP contribution in [-0.4, -0.2) is 24.2 Å². The predicted octanol–water partition coefficient (Wildman–Crippen LogP) is 2.70. The number of hydrogen-bond donors (Lipinski definition) is 3. The fraction of sp³-hybridized carbons (Fsp3) is 0.556. The number of nitrogens with one attached hydrogen (secondary N) is 3. The summed E-state index contributed by atoms with van der Waals surface area (Å²) in [5.41, 5.74) is 5.83. The summed E-state index contributed by atoms with van der Waals surface area (Å²) in [5.74, 6) is 0.570. The van der Waals surface area contributed by atoms with Crippen LogP contribution in [-0.2, 0) is 11.2 Å². The van der Waals surface area contributed by atoms with Crippen LogP contribution in [0.4, 0.5) is 4.39 Å². The fourth-order valence-electron chi connectivity index (χ4n) is 3.17. The van der Waals surface area contributed by atoms with Crippen molar-refractivity contribution in [3.63, 3.8) is 0 Å². The fourth-order valence-corrected chi connectivity index (χ4v) is 3.37. The number of thiocarbonyl (C=S) groups is 1. The van der Waals surface area contributed by atoms with Gasteiger partial charge in [0.1, 0.15) is 0 Å². The zero-order chi connectivity index (χ0) is 18.4. The van der Waals surface area contributed by atoms with E-state index in [1.54, 1.807) is 6.07 Å². The van der Waals surface area contributed by atoms with Crippen LogP contribution in [0.3, 0.4) is 0 Å². The Balaban J connectivity index is 1.77. The minimum absolute atomic E-state index is 0.0490. The van der Waals surface area contributed by atoms with Crippen molar-refractivity contribution < 1.29 is 13.9 Å². The maximum atomic E-state index is 13.6. The Labute approximate surface area is 153 Å². The standard InChI is InChI=1S/C18H26FN3O2S/c1-11-5-4-6-15(12(11)2)20-18(25)22-21-17(23)10-13-7-8-16(24-3)14(19)9-13/h7-9,11-12,15H,4-6,10H2,1-3H3,(H,21,23)(H2,20,22,25)/t11-,12-,15-/m1/s1. The minimum atomic E-state index is -0.488. The molecule has 1 aromatic rings. The Bertz CT molecular complexity index is 626. The third-order valence-corrected chi connectivity index (χ3v) is 5.14. The molecule has 0 bridgehead atoms. The Morgan fingerprint density at radius 2 is 2.08 bits per heavy atom. The molecule has 5 nitrogen and oxygen atoms in total. The summed E-state index contributed by atoms with van der Waals surface area (Å²) >= 11 is 5.25. The lowest BCUT2D eigenvalue weighted by Gasteiger charge is -2.35. The lowest BCUT2D eigenvalue weighted by Crippen LogP contribution is -2.52. The summed E-state index contributed by atoms with van der Waals surface area (Å²) < 4.78 is 18.5. The van der Waals surface area contributed by atoms with E-state index in [1.165, 1.54) is 32.1 Å². The SMILES string of the molecule is COc1ccc(CC(=O)NNC(=S)N[C@@H]2CCC[C@@H](C)[C@H]2C)cc1F. The van der Waals surface area contributed by atoms with Crippen molar-refractivity contribution in [3.8, 4) is 5.75 Å². The minimum Gasteiger partial charge on any atom is -0.494 e. The Morgan fingerprint density at radius 3 is 2.76 bits per heavy atom. The number of amides is 1. The summed E-state index contributed by atoms with van der Waals surface area (Å²) in [5, 5.41) is 3.67. The van der Waals surface area contributed by atoms with Gasteiger partial charge in [-0.2, -0.15) is 0 Å². The van der Waals surface area contributed by atoms with Crippen molar-refractivity contribution in [1.29, 1.82) is 0 Å². The highest BCUT2D eigenvalue weighted by atomic mass is 32.1. The van der Waals surface area contributed by atoms with Gasteiger partial charge in [0.05, 0.1) is 13.5 Å². The summed E-state index contributed by atoms with van der Waals surface area (Å²) in [6.07, 6.45) is 3.55. The molecule has 3 atom stereocenters. The lowest BCUT2D eigenvalue weighted by molar-refractivity contribution is -0.121. The van der Waals surface area contributed by atoms with E-state index in [0.29, 0.717) is 28.6 Å². The van der Waals surface area contributed by atoms with Crippen LogP contribution in [0.5, 0.6) is 5.75 Å². The van der Waals surface area contributed by atoms with Crippen molar-refractivity contribution >= 4 is 23.2 Å². The van der Waals surface area contributed by atoms with Gasteiger partial charge in [0, 0.05) is 6.04 Å². The first-order valence-electron chi connectivity index (χ1n) is 8.58. The molecule has 0 radical (unpaired) electrons. The first-order chi connectivity index (χ1) is 11.9. The number of hydrogen-bond acceptors (Lipinski definition) is 3. The van der Waals surface area contributed by atoms with E-state index in [9.17, 15) is 9.18 Å². The van der Waals surface area contributed by atoms with Gasteiger partial charge in [0.2, 0.25) is 5.91 Å². The first-order valence-corrected chi connectivity index (χ1v) is 8.99. The quantitative estimate of drug-likeness (QED) is 0.564. The second-order valence-electron chi connectivity index (χ2n) is 6.67. The van der Waals surface area contributed by atoms with Crippen LogP contribution < -0.4 is 20.9 Å². The molecule has 1 amide bonds. The molecule has 3 N–H and O–H groups in total. The molecular weight excluding hydrogens is 341 g/mol.